The second kappa shape index (κ2) is 6.65. The molecule has 3 amide bonds. The molecule has 29 heavy (non-hydrogen) atoms. The number of fused-ring (bicyclic) bond motifs is 1. The number of nitrogens with two attached hydrogens (primary N) is 1. The zero-order chi connectivity index (χ0) is 21.7. The quantitative estimate of drug-likeness (QED) is 0.379. The van der Waals surface area contributed by atoms with Crippen molar-refractivity contribution in [2.45, 2.75) is 30.0 Å². The van der Waals surface area contributed by atoms with Crippen molar-refractivity contribution >= 4 is 39.6 Å². The number of carbonyl (C=O) groups excluding carboxylic acids is 3. The van der Waals surface area contributed by atoms with Crippen molar-refractivity contribution in [1.82, 2.24) is 15.2 Å². The molecule has 0 bridgehead atoms. The molecular weight excluding hydrogens is 404 g/mol. The number of hydrogen-bond donors (Lipinski definition) is 3. The Kier molecular flexibility index (Phi) is 4.69. The first-order valence-corrected chi connectivity index (χ1v) is 9.97. The van der Waals surface area contributed by atoms with Crippen LogP contribution in [0, 0.1) is 0 Å². The van der Waals surface area contributed by atoms with Gasteiger partial charge in [0.15, 0.2) is 21.3 Å². The second-order valence-electron chi connectivity index (χ2n) is 7.17. The van der Waals surface area contributed by atoms with E-state index in [4.69, 9.17) is 5.73 Å². The van der Waals surface area contributed by atoms with Crippen LogP contribution in [0.3, 0.4) is 0 Å². The molecule has 2 aliphatic rings. The largest absolute Gasteiger partial charge is 0.480 e. The maximum atomic E-state index is 12.8. The third-order valence-corrected chi connectivity index (χ3v) is 7.73. The molecular formula is C17H18N4O7S. The molecule has 2 saturated heterocycles. The van der Waals surface area contributed by atoms with E-state index in [0.29, 0.717) is 0 Å². The number of carboxylic acids is 1. The van der Waals surface area contributed by atoms with E-state index in [1.807, 2.05) is 0 Å². The molecule has 0 radical (unpaired) electrons. The average molecular weight is 422 g/mol. The molecule has 0 aliphatic carbocycles. The zero-order valence-electron chi connectivity index (χ0n) is 15.4. The van der Waals surface area contributed by atoms with Crippen LogP contribution in [0.1, 0.15) is 29.9 Å². The van der Waals surface area contributed by atoms with Gasteiger partial charge in [-0.1, -0.05) is 0 Å². The van der Waals surface area contributed by atoms with E-state index in [1.54, 1.807) is 0 Å². The highest BCUT2D eigenvalue weighted by atomic mass is 32.2. The highest BCUT2D eigenvalue weighted by molar-refractivity contribution is 7.94. The van der Waals surface area contributed by atoms with Crippen molar-refractivity contribution in [3.63, 3.8) is 0 Å². The lowest BCUT2D eigenvalue weighted by atomic mass is 9.95. The molecule has 3 heterocycles. The average Bonchev–Trinajstić information content (AvgIpc) is 2.78. The minimum Gasteiger partial charge on any atom is -0.480 e. The zero-order valence-corrected chi connectivity index (χ0v) is 16.3. The summed E-state index contributed by atoms with van der Waals surface area (Å²) in [5, 5.41) is 10.3. The molecule has 1 aromatic heterocycles. The van der Waals surface area contributed by atoms with Gasteiger partial charge in [-0.05, 0) is 32.1 Å². The van der Waals surface area contributed by atoms with E-state index in [1.165, 1.54) is 38.3 Å². The summed E-state index contributed by atoms with van der Waals surface area (Å²) in [6.45, 7) is 2.22. The van der Waals surface area contributed by atoms with Crippen LogP contribution in [0.4, 0.5) is 0 Å². The number of pyridine rings is 1. The normalized spacial score (nSPS) is 25.2. The molecule has 4 N–H and O–H groups in total. The molecule has 0 saturated carbocycles. The summed E-state index contributed by atoms with van der Waals surface area (Å²) >= 11 is 0. The maximum Gasteiger partial charge on any atom is 0.328 e. The molecule has 2 aliphatic heterocycles. The third kappa shape index (κ3) is 3.05. The van der Waals surface area contributed by atoms with Gasteiger partial charge in [0, 0.05) is 6.20 Å². The molecule has 11 nitrogen and oxygen atoms in total. The van der Waals surface area contributed by atoms with E-state index in [2.05, 4.69) is 10.3 Å². The Labute approximate surface area is 165 Å². The first-order chi connectivity index (χ1) is 13.4. The number of primary amides is 1. The predicted octanol–water partition coefficient (Wildman–Crippen LogP) is -1.49. The summed E-state index contributed by atoms with van der Waals surface area (Å²) in [6.07, 6.45) is 2.45. The lowest BCUT2D eigenvalue weighted by Crippen LogP contribution is -2.58. The minimum atomic E-state index is -3.98. The topological polar surface area (TPSA) is 177 Å². The number of aliphatic carboxylic acids is 1. The number of hydrogen-bond acceptors (Lipinski definition) is 7. The van der Waals surface area contributed by atoms with Crippen LogP contribution in [0.5, 0.6) is 0 Å². The third-order valence-electron chi connectivity index (χ3n) is 4.97. The highest BCUT2D eigenvalue weighted by Gasteiger charge is 2.70. The van der Waals surface area contributed by atoms with Crippen molar-refractivity contribution in [3.8, 4) is 0 Å². The second-order valence-corrected chi connectivity index (χ2v) is 9.76. The number of rotatable bonds is 5. The number of carboxylic acid groups (broad SMARTS) is 1. The van der Waals surface area contributed by atoms with Gasteiger partial charge in [0.05, 0.1) is 23.4 Å². The van der Waals surface area contributed by atoms with E-state index < -0.39 is 49.7 Å². The Morgan fingerprint density at radius 1 is 1.34 bits per heavy atom. The van der Waals surface area contributed by atoms with Crippen LogP contribution in [0.15, 0.2) is 23.9 Å². The van der Waals surface area contributed by atoms with Gasteiger partial charge in [-0.25, -0.2) is 13.2 Å². The van der Waals surface area contributed by atoms with Gasteiger partial charge in [-0.2, -0.15) is 0 Å². The van der Waals surface area contributed by atoms with Crippen LogP contribution in [0.2, 0.25) is 0 Å². The van der Waals surface area contributed by atoms with Crippen molar-refractivity contribution in [1.29, 1.82) is 0 Å². The van der Waals surface area contributed by atoms with Gasteiger partial charge < -0.3 is 21.1 Å². The lowest BCUT2D eigenvalue weighted by Gasteiger charge is -2.37. The maximum absolute atomic E-state index is 12.8. The Bertz CT molecular complexity index is 1060. The highest BCUT2D eigenvalue weighted by Crippen LogP contribution is 2.48. The van der Waals surface area contributed by atoms with Crippen LogP contribution in [-0.2, 0) is 24.2 Å². The van der Waals surface area contributed by atoms with E-state index >= 15 is 0 Å². The first kappa shape index (κ1) is 20.5. The molecule has 0 aromatic carbocycles. The number of aromatic nitrogens is 1. The van der Waals surface area contributed by atoms with E-state index in [-0.39, 0.29) is 23.4 Å². The van der Waals surface area contributed by atoms with Gasteiger partial charge in [0.2, 0.25) is 5.91 Å². The first-order valence-electron chi connectivity index (χ1n) is 8.42. The van der Waals surface area contributed by atoms with Gasteiger partial charge in [0.25, 0.3) is 11.8 Å². The number of β-lactam (4-membered cyclic amide) rings is 1. The van der Waals surface area contributed by atoms with Crippen molar-refractivity contribution in [2.75, 3.05) is 6.54 Å². The smallest absolute Gasteiger partial charge is 0.328 e. The van der Waals surface area contributed by atoms with Crippen molar-refractivity contribution < 1.29 is 32.7 Å². The van der Waals surface area contributed by atoms with E-state index in [9.17, 15) is 32.7 Å². The van der Waals surface area contributed by atoms with Crippen LogP contribution in [0.25, 0.3) is 6.08 Å². The number of nitrogens with one attached hydrogen (secondary N) is 1. The standard InChI is InChI=1S/C17H18N4O7S/c1-17(2)12(16(25)26)21-14(24)10(15(21)29(17,27)28)5-9-4-3-8(6-19-9)13(23)20-7-11(18)22/h3-6,12,15H,7H2,1-2H3,(H2,18,22)(H,20,23)(H,25,26)/b10-5-/t12-,15?/m0/s1. The van der Waals surface area contributed by atoms with Crippen LogP contribution in [-0.4, -0.2) is 69.8 Å². The van der Waals surface area contributed by atoms with Gasteiger partial charge in [0.1, 0.15) is 4.75 Å². The number of amides is 3. The summed E-state index contributed by atoms with van der Waals surface area (Å²) in [6, 6.07) is 1.29. The number of sulfone groups is 1. The summed E-state index contributed by atoms with van der Waals surface area (Å²) in [5.74, 6) is -3.37. The SMILES string of the molecule is CC1(C)[C@H](C(=O)O)N2C(=O)/C(=C/c3ccc(C(=O)NCC(N)=O)cn3)C2S1(=O)=O. The Morgan fingerprint density at radius 3 is 2.52 bits per heavy atom. The molecule has 3 rings (SSSR count). The number of carbonyl (C=O) groups is 4. The fraction of sp³-hybridized carbons (Fsp3) is 0.353. The fourth-order valence-corrected chi connectivity index (χ4v) is 5.52. The summed E-state index contributed by atoms with van der Waals surface area (Å²) in [5.41, 5.74) is 5.21. The van der Waals surface area contributed by atoms with Crippen molar-refractivity contribution in [2.24, 2.45) is 5.73 Å². The molecule has 1 aromatic rings. The van der Waals surface area contributed by atoms with Crippen molar-refractivity contribution in [3.05, 3.63) is 35.2 Å². The molecule has 0 spiro atoms. The Morgan fingerprint density at radius 2 is 2.00 bits per heavy atom. The Balaban J connectivity index is 1.87. The van der Waals surface area contributed by atoms with Crippen LogP contribution >= 0.6 is 0 Å². The van der Waals surface area contributed by atoms with E-state index in [0.717, 1.165) is 4.90 Å². The number of nitrogens with zero attached hydrogens (tertiary/aromatic N) is 2. The molecule has 12 heteroatoms. The van der Waals surface area contributed by atoms with Gasteiger partial charge in [-0.15, -0.1) is 0 Å². The summed E-state index contributed by atoms with van der Waals surface area (Å²) in [4.78, 5) is 51.4. The molecule has 1 unspecified atom stereocenters. The van der Waals surface area contributed by atoms with Crippen LogP contribution < -0.4 is 11.1 Å². The summed E-state index contributed by atoms with van der Waals surface area (Å²) < 4.78 is 23.9. The lowest BCUT2D eigenvalue weighted by molar-refractivity contribution is -0.152. The van der Waals surface area contributed by atoms with Gasteiger partial charge >= 0.3 is 5.97 Å². The Hall–Kier alpha value is -3.28. The molecule has 2 fully saturated rings. The predicted molar refractivity (Wildman–Crippen MR) is 98.8 cm³/mol. The van der Waals surface area contributed by atoms with Gasteiger partial charge in [-0.3, -0.25) is 19.4 Å². The molecule has 154 valence electrons. The summed E-state index contributed by atoms with van der Waals surface area (Å²) in [7, 11) is -3.98. The molecule has 2 atom stereocenters. The fourth-order valence-electron chi connectivity index (χ4n) is 3.40. The monoisotopic (exact) mass is 422 g/mol. The minimum absolute atomic E-state index is 0.0831.